The number of nitrogens with two attached hydrogens (primary N) is 2. The fraction of sp³-hybridized carbons (Fsp3) is 0.500. The third-order valence-corrected chi connectivity index (χ3v) is 1.99. The van der Waals surface area contributed by atoms with Gasteiger partial charge in [-0.2, -0.15) is 0 Å². The van der Waals surface area contributed by atoms with Crippen molar-refractivity contribution < 1.29 is 0 Å². The summed E-state index contributed by atoms with van der Waals surface area (Å²) in [5, 5.41) is 0. The Morgan fingerprint density at radius 2 is 1.21 bits per heavy atom. The van der Waals surface area contributed by atoms with E-state index in [0.717, 1.165) is 6.42 Å². The van der Waals surface area contributed by atoms with Crippen molar-refractivity contribution in [3.63, 3.8) is 0 Å². The quantitative estimate of drug-likeness (QED) is 0.775. The molecule has 0 aliphatic heterocycles. The fourth-order valence-electron chi connectivity index (χ4n) is 1.28. The third kappa shape index (κ3) is 3.90. The van der Waals surface area contributed by atoms with E-state index in [2.05, 4.69) is 25.1 Å². The molecule has 1 aromatic rings. The lowest BCUT2D eigenvalue weighted by molar-refractivity contribution is 1.00. The minimum Gasteiger partial charge on any atom is -0.326 e. The molecule has 0 heterocycles. The van der Waals surface area contributed by atoms with Crippen molar-refractivity contribution in [2.75, 3.05) is 0 Å². The van der Waals surface area contributed by atoms with Crippen molar-refractivity contribution in [2.24, 2.45) is 11.5 Å². The van der Waals surface area contributed by atoms with E-state index in [9.17, 15) is 0 Å². The summed E-state index contributed by atoms with van der Waals surface area (Å²) in [4.78, 5) is 0. The summed E-state index contributed by atoms with van der Waals surface area (Å²) >= 11 is 0. The van der Waals surface area contributed by atoms with Gasteiger partial charge in [0.1, 0.15) is 0 Å². The molecule has 0 saturated heterocycles. The van der Waals surface area contributed by atoms with E-state index in [1.54, 1.807) is 0 Å². The monoisotopic (exact) mass is 194 g/mol. The number of rotatable bonds is 3. The van der Waals surface area contributed by atoms with E-state index in [1.165, 1.54) is 16.7 Å². The van der Waals surface area contributed by atoms with E-state index in [1.807, 2.05) is 13.8 Å². The zero-order valence-corrected chi connectivity index (χ0v) is 9.51. The Morgan fingerprint density at radius 3 is 1.50 bits per heavy atom. The van der Waals surface area contributed by atoms with E-state index in [-0.39, 0.29) is 0 Å². The van der Waals surface area contributed by atoms with Crippen LogP contribution in [0.3, 0.4) is 0 Å². The molecule has 0 aliphatic carbocycles. The second-order valence-electron chi connectivity index (χ2n) is 2.92. The first-order chi connectivity index (χ1) is 6.80. The topological polar surface area (TPSA) is 52.0 Å². The van der Waals surface area contributed by atoms with Gasteiger partial charge in [-0.05, 0) is 23.1 Å². The van der Waals surface area contributed by atoms with Crippen LogP contribution < -0.4 is 11.5 Å². The van der Waals surface area contributed by atoms with Gasteiger partial charge in [-0.25, -0.2) is 0 Å². The van der Waals surface area contributed by atoms with Crippen LogP contribution in [0.4, 0.5) is 0 Å². The lowest BCUT2D eigenvalue weighted by Crippen LogP contribution is -2.02. The molecule has 0 bridgehead atoms. The Kier molecular flexibility index (Phi) is 7.07. The van der Waals surface area contributed by atoms with Crippen LogP contribution in [-0.4, -0.2) is 0 Å². The standard InChI is InChI=1S/C10H16N2.C2H6/c1-2-8-3-9(6-11)5-10(4-8)7-12;1-2/h3-5H,2,6-7,11-12H2,1H3;1-2H3. The van der Waals surface area contributed by atoms with Gasteiger partial charge in [0.05, 0.1) is 0 Å². The van der Waals surface area contributed by atoms with E-state index >= 15 is 0 Å². The van der Waals surface area contributed by atoms with Crippen molar-refractivity contribution in [2.45, 2.75) is 40.3 Å². The normalized spacial score (nSPS) is 9.21. The van der Waals surface area contributed by atoms with Gasteiger partial charge in [-0.3, -0.25) is 0 Å². The van der Waals surface area contributed by atoms with Crippen LogP contribution in [0.15, 0.2) is 18.2 Å². The molecule has 0 atom stereocenters. The maximum absolute atomic E-state index is 5.56. The lowest BCUT2D eigenvalue weighted by Gasteiger charge is -2.05. The summed E-state index contributed by atoms with van der Waals surface area (Å²) < 4.78 is 0. The van der Waals surface area contributed by atoms with Crippen molar-refractivity contribution in [3.05, 3.63) is 34.9 Å². The number of benzene rings is 1. The van der Waals surface area contributed by atoms with Crippen LogP contribution in [0, 0.1) is 0 Å². The molecule has 4 N–H and O–H groups in total. The molecule has 0 fully saturated rings. The molecule has 2 nitrogen and oxygen atoms in total. The van der Waals surface area contributed by atoms with Crippen molar-refractivity contribution in [1.82, 2.24) is 0 Å². The van der Waals surface area contributed by atoms with Crippen LogP contribution in [0.1, 0.15) is 37.5 Å². The number of hydrogen-bond acceptors (Lipinski definition) is 2. The number of hydrogen-bond donors (Lipinski definition) is 2. The summed E-state index contributed by atoms with van der Waals surface area (Å²) in [7, 11) is 0. The zero-order chi connectivity index (χ0) is 11.0. The molecule has 0 aromatic heterocycles. The average Bonchev–Trinajstić information content (AvgIpc) is 2.30. The largest absolute Gasteiger partial charge is 0.326 e. The van der Waals surface area contributed by atoms with Crippen molar-refractivity contribution in [1.29, 1.82) is 0 Å². The summed E-state index contributed by atoms with van der Waals surface area (Å²) in [6.07, 6.45) is 1.04. The fourth-order valence-corrected chi connectivity index (χ4v) is 1.28. The maximum Gasteiger partial charge on any atom is 0.0178 e. The molecule has 0 aliphatic rings. The molecule has 14 heavy (non-hydrogen) atoms. The highest BCUT2D eigenvalue weighted by Crippen LogP contribution is 2.10. The third-order valence-electron chi connectivity index (χ3n) is 1.99. The molecular formula is C12H22N2. The lowest BCUT2D eigenvalue weighted by atomic mass is 10.0. The summed E-state index contributed by atoms with van der Waals surface area (Å²) in [6, 6.07) is 6.34. The first-order valence-corrected chi connectivity index (χ1v) is 5.32. The van der Waals surface area contributed by atoms with Gasteiger partial charge in [0.25, 0.3) is 0 Å². The van der Waals surface area contributed by atoms with E-state index in [4.69, 9.17) is 11.5 Å². The zero-order valence-electron chi connectivity index (χ0n) is 9.51. The molecule has 1 rings (SSSR count). The highest BCUT2D eigenvalue weighted by molar-refractivity contribution is 5.30. The Hall–Kier alpha value is -0.860. The van der Waals surface area contributed by atoms with Gasteiger partial charge in [0, 0.05) is 13.1 Å². The summed E-state index contributed by atoms with van der Waals surface area (Å²) in [5.41, 5.74) is 14.8. The van der Waals surface area contributed by atoms with Gasteiger partial charge in [-0.1, -0.05) is 39.0 Å². The minimum absolute atomic E-state index is 0.598. The molecule has 0 saturated carbocycles. The predicted molar refractivity (Wildman–Crippen MR) is 63.0 cm³/mol. The SMILES string of the molecule is CC.CCc1cc(CN)cc(CN)c1. The Labute approximate surface area is 87.3 Å². The smallest absolute Gasteiger partial charge is 0.0178 e. The minimum atomic E-state index is 0.598. The molecule has 0 spiro atoms. The van der Waals surface area contributed by atoms with Gasteiger partial charge in [0.15, 0.2) is 0 Å². The van der Waals surface area contributed by atoms with Crippen molar-refractivity contribution in [3.8, 4) is 0 Å². The van der Waals surface area contributed by atoms with Crippen LogP contribution >= 0.6 is 0 Å². The van der Waals surface area contributed by atoms with Crippen LogP contribution in [0.2, 0.25) is 0 Å². The molecular weight excluding hydrogens is 172 g/mol. The van der Waals surface area contributed by atoms with Gasteiger partial charge in [0.2, 0.25) is 0 Å². The van der Waals surface area contributed by atoms with Gasteiger partial charge in [-0.15, -0.1) is 0 Å². The molecule has 0 amide bonds. The molecule has 2 heteroatoms. The van der Waals surface area contributed by atoms with Crippen LogP contribution in [0.25, 0.3) is 0 Å². The van der Waals surface area contributed by atoms with Crippen LogP contribution in [-0.2, 0) is 19.5 Å². The predicted octanol–water partition coefficient (Wildman–Crippen LogP) is 2.19. The highest BCUT2D eigenvalue weighted by atomic mass is 14.5. The van der Waals surface area contributed by atoms with Crippen LogP contribution in [0.5, 0.6) is 0 Å². The Balaban J connectivity index is 0.000000791. The Bertz CT molecular complexity index is 201. The van der Waals surface area contributed by atoms with E-state index < -0.39 is 0 Å². The first-order valence-electron chi connectivity index (χ1n) is 5.32. The van der Waals surface area contributed by atoms with Gasteiger partial charge < -0.3 is 11.5 Å². The molecule has 0 unspecified atom stereocenters. The average molecular weight is 194 g/mol. The second kappa shape index (κ2) is 7.54. The molecule has 0 radical (unpaired) electrons. The van der Waals surface area contributed by atoms with Crippen molar-refractivity contribution >= 4 is 0 Å². The molecule has 1 aromatic carbocycles. The van der Waals surface area contributed by atoms with Gasteiger partial charge >= 0.3 is 0 Å². The Morgan fingerprint density at radius 1 is 0.857 bits per heavy atom. The summed E-state index contributed by atoms with van der Waals surface area (Å²) in [5.74, 6) is 0. The summed E-state index contributed by atoms with van der Waals surface area (Å²) in [6.45, 7) is 7.33. The highest BCUT2D eigenvalue weighted by Gasteiger charge is 1.96. The number of aryl methyl sites for hydroxylation is 1. The van der Waals surface area contributed by atoms with E-state index in [0.29, 0.717) is 13.1 Å². The molecule has 80 valence electrons. The maximum atomic E-state index is 5.56. The second-order valence-corrected chi connectivity index (χ2v) is 2.92. The first kappa shape index (κ1) is 13.1.